The lowest BCUT2D eigenvalue weighted by atomic mass is 10.0. The van der Waals surface area contributed by atoms with Gasteiger partial charge in [-0.25, -0.2) is 8.42 Å². The van der Waals surface area contributed by atoms with E-state index in [9.17, 15) is 18.3 Å². The predicted molar refractivity (Wildman–Crippen MR) is 76.5 cm³/mol. The Hall–Kier alpha value is -1.44. The van der Waals surface area contributed by atoms with E-state index in [0.717, 1.165) is 5.56 Å². The van der Waals surface area contributed by atoms with Crippen molar-refractivity contribution in [2.45, 2.75) is 24.8 Å². The van der Waals surface area contributed by atoms with Crippen molar-refractivity contribution in [1.29, 1.82) is 0 Å². The van der Waals surface area contributed by atoms with Crippen molar-refractivity contribution < 1.29 is 23.1 Å². The summed E-state index contributed by atoms with van der Waals surface area (Å²) in [5, 5.41) is 9.20. The van der Waals surface area contributed by atoms with Crippen molar-refractivity contribution in [2.75, 3.05) is 19.8 Å². The lowest BCUT2D eigenvalue weighted by Gasteiger charge is -2.28. The molecule has 0 amide bonds. The minimum absolute atomic E-state index is 0.0416. The van der Waals surface area contributed by atoms with Crippen LogP contribution in [0.15, 0.2) is 29.2 Å². The fourth-order valence-corrected chi connectivity index (χ4v) is 4.15. The van der Waals surface area contributed by atoms with Crippen molar-refractivity contribution in [2.24, 2.45) is 5.92 Å². The van der Waals surface area contributed by atoms with Crippen molar-refractivity contribution >= 4 is 16.0 Å². The summed E-state index contributed by atoms with van der Waals surface area (Å²) in [6.07, 6.45) is 0. The van der Waals surface area contributed by atoms with Gasteiger partial charge in [-0.3, -0.25) is 4.79 Å². The van der Waals surface area contributed by atoms with Gasteiger partial charge in [-0.05, 0) is 19.1 Å². The second kappa shape index (κ2) is 6.13. The molecule has 1 fully saturated rings. The summed E-state index contributed by atoms with van der Waals surface area (Å²) in [7, 11) is -3.73. The lowest BCUT2D eigenvalue weighted by Crippen LogP contribution is -2.46. The Morgan fingerprint density at radius 2 is 1.95 bits per heavy atom. The van der Waals surface area contributed by atoms with E-state index in [1.54, 1.807) is 31.2 Å². The highest BCUT2D eigenvalue weighted by Gasteiger charge is 2.42. The molecular formula is C14H19NO5S. The van der Waals surface area contributed by atoms with E-state index in [1.165, 1.54) is 4.31 Å². The second-order valence-corrected chi connectivity index (χ2v) is 6.96. The van der Waals surface area contributed by atoms with E-state index in [1.807, 2.05) is 6.92 Å². The monoisotopic (exact) mass is 313 g/mol. The van der Waals surface area contributed by atoms with E-state index in [-0.39, 0.29) is 24.7 Å². The number of sulfonamides is 1. The molecule has 6 nitrogen and oxygen atoms in total. The van der Waals surface area contributed by atoms with Crippen molar-refractivity contribution in [3.8, 4) is 0 Å². The van der Waals surface area contributed by atoms with Gasteiger partial charge in [-0.1, -0.05) is 24.6 Å². The molecule has 1 aliphatic heterocycles. The Morgan fingerprint density at radius 1 is 1.33 bits per heavy atom. The maximum atomic E-state index is 12.7. The largest absolute Gasteiger partial charge is 0.481 e. The van der Waals surface area contributed by atoms with Crippen LogP contribution in [-0.4, -0.2) is 49.6 Å². The van der Waals surface area contributed by atoms with Crippen LogP contribution in [0.1, 0.15) is 12.5 Å². The number of aliphatic carboxylic acids is 1. The number of carbonyl (C=O) groups is 1. The van der Waals surface area contributed by atoms with Crippen LogP contribution < -0.4 is 0 Å². The molecule has 7 heteroatoms. The molecule has 0 bridgehead atoms. The van der Waals surface area contributed by atoms with E-state index in [2.05, 4.69) is 0 Å². The molecule has 21 heavy (non-hydrogen) atoms. The van der Waals surface area contributed by atoms with Gasteiger partial charge in [-0.2, -0.15) is 4.31 Å². The number of carboxylic acids is 1. The van der Waals surface area contributed by atoms with Crippen LogP contribution in [0.25, 0.3) is 0 Å². The lowest BCUT2D eigenvalue weighted by molar-refractivity contribution is -0.142. The maximum Gasteiger partial charge on any atom is 0.310 e. The third kappa shape index (κ3) is 3.09. The number of benzene rings is 1. The third-order valence-corrected chi connectivity index (χ3v) is 5.69. The first kappa shape index (κ1) is 15.9. The third-order valence-electron chi connectivity index (χ3n) is 3.68. The highest BCUT2D eigenvalue weighted by atomic mass is 32.2. The summed E-state index contributed by atoms with van der Waals surface area (Å²) in [4.78, 5) is 11.4. The van der Waals surface area contributed by atoms with Crippen molar-refractivity contribution in [3.05, 3.63) is 29.8 Å². The van der Waals surface area contributed by atoms with Gasteiger partial charge in [0.1, 0.15) is 0 Å². The van der Waals surface area contributed by atoms with Crippen LogP contribution in [0.4, 0.5) is 0 Å². The average Bonchev–Trinajstić information content (AvgIpc) is 2.89. The molecule has 0 spiro atoms. The van der Waals surface area contributed by atoms with Gasteiger partial charge in [0, 0.05) is 6.54 Å². The molecule has 0 saturated carbocycles. The molecule has 1 heterocycles. The molecule has 2 unspecified atom stereocenters. The van der Waals surface area contributed by atoms with Gasteiger partial charge in [0.05, 0.1) is 30.1 Å². The zero-order valence-electron chi connectivity index (χ0n) is 12.0. The molecule has 1 aliphatic rings. The molecule has 0 aromatic heterocycles. The summed E-state index contributed by atoms with van der Waals surface area (Å²) >= 11 is 0. The van der Waals surface area contributed by atoms with Gasteiger partial charge < -0.3 is 9.84 Å². The summed E-state index contributed by atoms with van der Waals surface area (Å²) in [6.45, 7) is 3.92. The highest BCUT2D eigenvalue weighted by Crippen LogP contribution is 2.26. The topological polar surface area (TPSA) is 83.9 Å². The number of hydrogen-bond acceptors (Lipinski definition) is 4. The summed E-state index contributed by atoms with van der Waals surface area (Å²) in [6, 6.07) is 5.86. The van der Waals surface area contributed by atoms with E-state index < -0.39 is 28.0 Å². The minimum atomic E-state index is -3.73. The number of ether oxygens (including phenoxy) is 1. The minimum Gasteiger partial charge on any atom is -0.481 e. The smallest absolute Gasteiger partial charge is 0.310 e. The van der Waals surface area contributed by atoms with Gasteiger partial charge in [0.2, 0.25) is 10.0 Å². The zero-order chi connectivity index (χ0) is 15.6. The predicted octanol–water partition coefficient (Wildman–Crippen LogP) is 1.11. The number of hydrogen-bond donors (Lipinski definition) is 1. The summed E-state index contributed by atoms with van der Waals surface area (Å²) < 4.78 is 31.8. The Balaban J connectivity index is 2.35. The number of rotatable bonds is 5. The number of carboxylic acid groups (broad SMARTS) is 1. The molecule has 1 aromatic carbocycles. The molecular weight excluding hydrogens is 294 g/mol. The van der Waals surface area contributed by atoms with Crippen LogP contribution in [0.3, 0.4) is 0 Å². The molecule has 2 rings (SSSR count). The SMILES string of the molecule is CCN(C1COCC1C(=O)O)S(=O)(=O)c1ccc(C)cc1. The highest BCUT2D eigenvalue weighted by molar-refractivity contribution is 7.89. The molecule has 2 atom stereocenters. The fourth-order valence-electron chi connectivity index (χ4n) is 2.49. The normalized spacial score (nSPS) is 22.6. The van der Waals surface area contributed by atoms with Crippen molar-refractivity contribution in [1.82, 2.24) is 4.31 Å². The Labute approximate surface area is 124 Å². The Morgan fingerprint density at radius 3 is 2.48 bits per heavy atom. The van der Waals surface area contributed by atoms with Crippen LogP contribution >= 0.6 is 0 Å². The standard InChI is InChI=1S/C14H19NO5S/c1-3-15(13-9-20-8-12(13)14(16)17)21(18,19)11-6-4-10(2)5-7-11/h4-7,12-13H,3,8-9H2,1-2H3,(H,16,17). The molecule has 1 N–H and O–H groups in total. The number of aryl methyl sites for hydroxylation is 1. The Kier molecular flexibility index (Phi) is 4.65. The van der Waals surface area contributed by atoms with Gasteiger partial charge in [0.25, 0.3) is 0 Å². The van der Waals surface area contributed by atoms with Crippen molar-refractivity contribution in [3.63, 3.8) is 0 Å². The fraction of sp³-hybridized carbons (Fsp3) is 0.500. The van der Waals surface area contributed by atoms with Crippen LogP contribution in [-0.2, 0) is 19.6 Å². The zero-order valence-corrected chi connectivity index (χ0v) is 12.8. The first-order valence-corrected chi connectivity index (χ1v) is 8.21. The average molecular weight is 313 g/mol. The molecule has 116 valence electrons. The first-order valence-electron chi connectivity index (χ1n) is 6.77. The molecule has 0 aliphatic carbocycles. The van der Waals surface area contributed by atoms with Gasteiger partial charge in [-0.15, -0.1) is 0 Å². The van der Waals surface area contributed by atoms with E-state index >= 15 is 0 Å². The second-order valence-electron chi connectivity index (χ2n) is 5.07. The molecule has 1 aromatic rings. The summed E-state index contributed by atoms with van der Waals surface area (Å²) in [5.74, 6) is -1.86. The van der Waals surface area contributed by atoms with Crippen LogP contribution in [0.2, 0.25) is 0 Å². The van der Waals surface area contributed by atoms with E-state index in [4.69, 9.17) is 4.74 Å². The summed E-state index contributed by atoms with van der Waals surface area (Å²) in [5.41, 5.74) is 0.963. The van der Waals surface area contributed by atoms with Crippen LogP contribution in [0.5, 0.6) is 0 Å². The number of likely N-dealkylation sites (N-methyl/N-ethyl adjacent to an activating group) is 1. The molecule has 0 radical (unpaired) electrons. The Bertz CT molecular complexity index is 611. The quantitative estimate of drug-likeness (QED) is 0.880. The maximum absolute atomic E-state index is 12.7. The first-order chi connectivity index (χ1) is 9.87. The van der Waals surface area contributed by atoms with Gasteiger partial charge >= 0.3 is 5.97 Å². The van der Waals surface area contributed by atoms with Crippen LogP contribution in [0, 0.1) is 12.8 Å². The number of nitrogens with zero attached hydrogens (tertiary/aromatic N) is 1. The van der Waals surface area contributed by atoms with Gasteiger partial charge in [0.15, 0.2) is 0 Å². The molecule has 1 saturated heterocycles. The van der Waals surface area contributed by atoms with E-state index in [0.29, 0.717) is 0 Å².